The topological polar surface area (TPSA) is 55.4 Å². The average Bonchev–Trinajstić information content (AvgIpc) is 3.33. The summed E-state index contributed by atoms with van der Waals surface area (Å²) in [6.07, 6.45) is 3.88. The van der Waals surface area contributed by atoms with Crippen molar-refractivity contribution in [2.75, 3.05) is 19.8 Å². The van der Waals surface area contributed by atoms with Crippen molar-refractivity contribution in [1.82, 2.24) is 5.32 Å². The highest BCUT2D eigenvalue weighted by molar-refractivity contribution is 9.10. The molecule has 1 saturated carbocycles. The van der Waals surface area contributed by atoms with Crippen molar-refractivity contribution in [1.29, 1.82) is 0 Å². The van der Waals surface area contributed by atoms with Crippen molar-refractivity contribution < 1.29 is 14.3 Å². The van der Waals surface area contributed by atoms with E-state index in [-0.39, 0.29) is 24.5 Å². The van der Waals surface area contributed by atoms with Gasteiger partial charge in [0.1, 0.15) is 0 Å². The van der Waals surface area contributed by atoms with Gasteiger partial charge in [-0.15, -0.1) is 0 Å². The van der Waals surface area contributed by atoms with Crippen LogP contribution in [-0.4, -0.2) is 31.4 Å². The fourth-order valence-electron chi connectivity index (χ4n) is 2.03. The normalized spacial score (nSPS) is 13.9. The van der Waals surface area contributed by atoms with Gasteiger partial charge in [-0.2, -0.15) is 0 Å². The smallest absolute Gasteiger partial charge is 0.220 e. The molecule has 0 unspecified atom stereocenters. The van der Waals surface area contributed by atoms with Crippen molar-refractivity contribution >= 4 is 27.6 Å². The molecular weight excluding hydrogens is 346 g/mol. The van der Waals surface area contributed by atoms with E-state index in [1.165, 1.54) is 12.8 Å². The maximum Gasteiger partial charge on any atom is 0.220 e. The zero-order chi connectivity index (χ0) is 15.8. The van der Waals surface area contributed by atoms with Gasteiger partial charge >= 0.3 is 0 Å². The van der Waals surface area contributed by atoms with Gasteiger partial charge in [-0.1, -0.05) is 28.1 Å². The fraction of sp³-hybridized carbons (Fsp3) is 0.529. The van der Waals surface area contributed by atoms with Crippen molar-refractivity contribution in [3.05, 3.63) is 34.3 Å². The van der Waals surface area contributed by atoms with Gasteiger partial charge in [0.2, 0.25) is 5.91 Å². The van der Waals surface area contributed by atoms with Crippen LogP contribution in [0.25, 0.3) is 0 Å². The molecule has 0 saturated heterocycles. The van der Waals surface area contributed by atoms with E-state index in [1.54, 1.807) is 12.1 Å². The zero-order valence-electron chi connectivity index (χ0n) is 12.6. The summed E-state index contributed by atoms with van der Waals surface area (Å²) in [5, 5.41) is 2.82. The molecule has 0 bridgehead atoms. The molecule has 1 aliphatic carbocycles. The molecule has 5 heteroatoms. The van der Waals surface area contributed by atoms with E-state index < -0.39 is 0 Å². The van der Waals surface area contributed by atoms with Gasteiger partial charge in [-0.3, -0.25) is 9.59 Å². The molecule has 1 N–H and O–H groups in total. The quantitative estimate of drug-likeness (QED) is 0.509. The molecule has 2 rings (SSSR count). The van der Waals surface area contributed by atoms with Crippen LogP contribution in [0.15, 0.2) is 28.7 Å². The lowest BCUT2D eigenvalue weighted by Crippen LogP contribution is -2.25. The second-order valence-electron chi connectivity index (χ2n) is 5.65. The van der Waals surface area contributed by atoms with Gasteiger partial charge in [-0.05, 0) is 37.3 Å². The maximum atomic E-state index is 11.9. The minimum atomic E-state index is -0.0762. The summed E-state index contributed by atoms with van der Waals surface area (Å²) in [5.74, 6) is 0.697. The second-order valence-corrected chi connectivity index (χ2v) is 6.57. The summed E-state index contributed by atoms with van der Waals surface area (Å²) in [6.45, 7) is 2.15. The summed E-state index contributed by atoms with van der Waals surface area (Å²) in [6, 6.07) is 7.19. The average molecular weight is 368 g/mol. The van der Waals surface area contributed by atoms with Crippen LogP contribution in [0, 0.1) is 5.92 Å². The molecule has 4 nitrogen and oxygen atoms in total. The summed E-state index contributed by atoms with van der Waals surface area (Å²) >= 11 is 3.33. The predicted octanol–water partition coefficient (Wildman–Crippen LogP) is 3.34. The molecular formula is C17H22BrNO3. The minimum Gasteiger partial charge on any atom is -0.381 e. The Hall–Kier alpha value is -1.20. The monoisotopic (exact) mass is 367 g/mol. The van der Waals surface area contributed by atoms with Crippen molar-refractivity contribution in [2.45, 2.75) is 32.1 Å². The Labute approximate surface area is 139 Å². The molecule has 0 aliphatic heterocycles. The first-order valence-electron chi connectivity index (χ1n) is 7.78. The van der Waals surface area contributed by atoms with E-state index in [0.717, 1.165) is 23.4 Å². The Morgan fingerprint density at radius 2 is 1.91 bits per heavy atom. The predicted molar refractivity (Wildman–Crippen MR) is 88.9 cm³/mol. The number of rotatable bonds is 10. The van der Waals surface area contributed by atoms with Crippen LogP contribution >= 0.6 is 15.9 Å². The number of carbonyl (C=O) groups is 2. The molecule has 0 radical (unpaired) electrons. The summed E-state index contributed by atoms with van der Waals surface area (Å²) in [7, 11) is 0. The van der Waals surface area contributed by atoms with E-state index in [1.807, 2.05) is 12.1 Å². The molecule has 0 atom stereocenters. The number of hydrogen-bond donors (Lipinski definition) is 1. The standard InChI is InChI=1S/C17H22BrNO3/c18-15-6-4-14(5-7-15)16(20)8-9-17(21)19-10-1-11-22-12-13-2-3-13/h4-7,13H,1-3,8-12H2,(H,19,21). The number of carbonyl (C=O) groups excluding carboxylic acids is 2. The largest absolute Gasteiger partial charge is 0.381 e. The van der Waals surface area contributed by atoms with E-state index in [2.05, 4.69) is 21.2 Å². The third-order valence-corrected chi connectivity index (χ3v) is 4.11. The number of benzene rings is 1. The van der Waals surface area contributed by atoms with Crippen LogP contribution in [0.1, 0.15) is 42.5 Å². The van der Waals surface area contributed by atoms with Crippen molar-refractivity contribution in [3.8, 4) is 0 Å². The van der Waals surface area contributed by atoms with Crippen molar-refractivity contribution in [3.63, 3.8) is 0 Å². The minimum absolute atomic E-state index is 0.00424. The Bertz CT molecular complexity index is 497. The molecule has 0 heterocycles. The Morgan fingerprint density at radius 3 is 2.59 bits per heavy atom. The van der Waals surface area contributed by atoms with Crippen LogP contribution in [-0.2, 0) is 9.53 Å². The van der Waals surface area contributed by atoms with Gasteiger partial charge in [0.25, 0.3) is 0 Å². The second kappa shape index (κ2) is 9.06. The number of amides is 1. The third-order valence-electron chi connectivity index (χ3n) is 3.58. The molecule has 0 spiro atoms. The third kappa shape index (κ3) is 6.71. The van der Waals surface area contributed by atoms with Crippen LogP contribution < -0.4 is 5.32 Å². The Kier molecular flexibility index (Phi) is 7.06. The molecule has 0 aromatic heterocycles. The van der Waals surface area contributed by atoms with Crippen LogP contribution in [0.5, 0.6) is 0 Å². The first-order chi connectivity index (χ1) is 10.6. The fourth-order valence-corrected chi connectivity index (χ4v) is 2.30. The van der Waals surface area contributed by atoms with Gasteiger partial charge in [0.05, 0.1) is 0 Å². The van der Waals surface area contributed by atoms with Crippen LogP contribution in [0.3, 0.4) is 0 Å². The maximum absolute atomic E-state index is 11.9. The molecule has 1 aliphatic rings. The van der Waals surface area contributed by atoms with Gasteiger partial charge in [0.15, 0.2) is 5.78 Å². The molecule has 1 aromatic carbocycles. The summed E-state index contributed by atoms with van der Waals surface area (Å²) < 4.78 is 6.43. The Morgan fingerprint density at radius 1 is 1.18 bits per heavy atom. The molecule has 1 aromatic rings. The van der Waals surface area contributed by atoms with E-state index in [4.69, 9.17) is 4.74 Å². The number of ketones is 1. The van der Waals surface area contributed by atoms with E-state index in [0.29, 0.717) is 18.7 Å². The highest BCUT2D eigenvalue weighted by Gasteiger charge is 2.20. The lowest BCUT2D eigenvalue weighted by Gasteiger charge is -2.06. The number of nitrogens with one attached hydrogen (secondary N) is 1. The summed E-state index contributed by atoms with van der Waals surface area (Å²) in [4.78, 5) is 23.6. The highest BCUT2D eigenvalue weighted by atomic mass is 79.9. The van der Waals surface area contributed by atoms with Crippen LogP contribution in [0.2, 0.25) is 0 Å². The van der Waals surface area contributed by atoms with Gasteiger partial charge in [-0.25, -0.2) is 0 Å². The number of Topliss-reactive ketones (excluding diaryl/α,β-unsaturated/α-hetero) is 1. The SMILES string of the molecule is O=C(CCC(=O)c1ccc(Br)cc1)NCCCOCC1CC1. The molecule has 22 heavy (non-hydrogen) atoms. The Balaban J connectivity index is 1.52. The highest BCUT2D eigenvalue weighted by Crippen LogP contribution is 2.28. The lowest BCUT2D eigenvalue weighted by atomic mass is 10.1. The number of halogens is 1. The van der Waals surface area contributed by atoms with E-state index in [9.17, 15) is 9.59 Å². The van der Waals surface area contributed by atoms with E-state index >= 15 is 0 Å². The molecule has 1 fully saturated rings. The molecule has 1 amide bonds. The zero-order valence-corrected chi connectivity index (χ0v) is 14.2. The van der Waals surface area contributed by atoms with Gasteiger partial charge in [0, 0.05) is 42.6 Å². The number of ether oxygens (including phenoxy) is 1. The molecule has 120 valence electrons. The first kappa shape index (κ1) is 17.2. The first-order valence-corrected chi connectivity index (χ1v) is 8.57. The summed E-state index contributed by atoms with van der Waals surface area (Å²) in [5.41, 5.74) is 0.643. The number of hydrogen-bond acceptors (Lipinski definition) is 3. The lowest BCUT2D eigenvalue weighted by molar-refractivity contribution is -0.121. The van der Waals surface area contributed by atoms with Crippen LogP contribution in [0.4, 0.5) is 0 Å². The van der Waals surface area contributed by atoms with Crippen molar-refractivity contribution in [2.24, 2.45) is 5.92 Å². The van der Waals surface area contributed by atoms with Gasteiger partial charge < -0.3 is 10.1 Å².